The Bertz CT molecular complexity index is 942. The highest BCUT2D eigenvalue weighted by molar-refractivity contribution is 5.79. The third-order valence-corrected chi connectivity index (χ3v) is 6.70. The molecule has 2 aromatic heterocycles. The summed E-state index contributed by atoms with van der Waals surface area (Å²) >= 11 is 0. The smallest absolute Gasteiger partial charge is 0.407 e. The number of fused-ring (bicyclic) bond motifs is 1. The fourth-order valence-electron chi connectivity index (χ4n) is 5.13. The molecule has 2 aliphatic rings. The first-order chi connectivity index (χ1) is 14.8. The van der Waals surface area contributed by atoms with Gasteiger partial charge in [0.25, 0.3) is 0 Å². The van der Waals surface area contributed by atoms with Gasteiger partial charge in [-0.25, -0.2) is 4.79 Å². The van der Waals surface area contributed by atoms with Crippen LogP contribution in [0.25, 0.3) is 11.0 Å². The number of aromatic nitrogens is 2. The summed E-state index contributed by atoms with van der Waals surface area (Å²) in [6, 6.07) is 3.67. The van der Waals surface area contributed by atoms with Crippen molar-refractivity contribution in [2.24, 2.45) is 5.92 Å². The number of nitrogens with one attached hydrogen (secondary N) is 3. The molecule has 0 atom stereocenters. The summed E-state index contributed by atoms with van der Waals surface area (Å²) < 4.78 is 5.38. The average Bonchev–Trinajstić information content (AvgIpc) is 3.12. The molecule has 2 fully saturated rings. The van der Waals surface area contributed by atoms with Crippen molar-refractivity contribution in [1.82, 2.24) is 20.2 Å². The van der Waals surface area contributed by atoms with E-state index in [2.05, 4.69) is 26.4 Å². The molecule has 1 saturated carbocycles. The molecule has 0 aromatic carbocycles. The fraction of sp³-hybridized carbons (Fsp3) is 0.667. The van der Waals surface area contributed by atoms with Crippen LogP contribution in [-0.2, 0) is 4.74 Å². The largest absolute Gasteiger partial charge is 0.444 e. The molecule has 2 aromatic rings. The summed E-state index contributed by atoms with van der Waals surface area (Å²) in [6.07, 6.45) is 8.40. The van der Waals surface area contributed by atoms with E-state index in [1.54, 1.807) is 6.07 Å². The molecule has 7 heteroatoms. The van der Waals surface area contributed by atoms with Crippen molar-refractivity contribution in [3.63, 3.8) is 0 Å². The Morgan fingerprint density at radius 1 is 1.13 bits per heavy atom. The predicted octanol–water partition coefficient (Wildman–Crippen LogP) is 4.12. The van der Waals surface area contributed by atoms with Crippen LogP contribution in [0.1, 0.15) is 70.8 Å². The number of carbonyl (C=O) groups is 1. The Morgan fingerprint density at radius 3 is 2.52 bits per heavy atom. The third-order valence-electron chi connectivity index (χ3n) is 6.70. The van der Waals surface area contributed by atoms with Crippen LogP contribution in [0.3, 0.4) is 0 Å². The van der Waals surface area contributed by atoms with Gasteiger partial charge in [-0.2, -0.15) is 0 Å². The minimum atomic E-state index is -0.449. The van der Waals surface area contributed by atoms with E-state index in [0.29, 0.717) is 11.8 Å². The van der Waals surface area contributed by atoms with Crippen molar-refractivity contribution in [2.45, 2.75) is 76.9 Å². The number of hydrogen-bond acceptors (Lipinski definition) is 4. The second-order valence-electron chi connectivity index (χ2n) is 10.3. The van der Waals surface area contributed by atoms with E-state index in [0.717, 1.165) is 69.2 Å². The zero-order valence-corrected chi connectivity index (χ0v) is 19.0. The number of aromatic amines is 2. The molecule has 3 heterocycles. The van der Waals surface area contributed by atoms with Crippen LogP contribution in [-0.4, -0.2) is 52.2 Å². The van der Waals surface area contributed by atoms with E-state index in [1.807, 2.05) is 26.8 Å². The second-order valence-corrected chi connectivity index (χ2v) is 10.3. The lowest BCUT2D eigenvalue weighted by Crippen LogP contribution is -2.43. The maximum Gasteiger partial charge on any atom is 0.407 e. The number of H-pyrrole nitrogens is 2. The van der Waals surface area contributed by atoms with Crippen LogP contribution in [0, 0.1) is 5.92 Å². The number of alkyl carbamates (subject to hydrolysis) is 1. The number of piperidine rings is 1. The van der Waals surface area contributed by atoms with Gasteiger partial charge in [-0.1, -0.05) is 0 Å². The van der Waals surface area contributed by atoms with E-state index in [1.165, 1.54) is 5.56 Å². The van der Waals surface area contributed by atoms with Gasteiger partial charge in [0.2, 0.25) is 5.56 Å². The molecular formula is C24H36N4O3. The summed E-state index contributed by atoms with van der Waals surface area (Å²) in [4.78, 5) is 32.6. The van der Waals surface area contributed by atoms with Crippen LogP contribution in [0.2, 0.25) is 0 Å². The van der Waals surface area contributed by atoms with Gasteiger partial charge in [0, 0.05) is 24.8 Å². The molecule has 0 radical (unpaired) electrons. The minimum Gasteiger partial charge on any atom is -0.444 e. The molecule has 1 aliphatic carbocycles. The summed E-state index contributed by atoms with van der Waals surface area (Å²) in [5.74, 6) is 1.20. The topological polar surface area (TPSA) is 90.2 Å². The van der Waals surface area contributed by atoms with Crippen molar-refractivity contribution in [3.05, 3.63) is 34.2 Å². The highest BCUT2D eigenvalue weighted by atomic mass is 16.6. The van der Waals surface area contributed by atoms with Crippen LogP contribution in [0.4, 0.5) is 4.79 Å². The lowest BCUT2D eigenvalue weighted by Gasteiger charge is -2.36. The zero-order chi connectivity index (χ0) is 22.0. The number of nitrogens with zero attached hydrogens (tertiary/aromatic N) is 1. The number of hydrogen-bond donors (Lipinski definition) is 3. The number of likely N-dealkylation sites (tertiary alicyclic amines) is 1. The van der Waals surface area contributed by atoms with Crippen molar-refractivity contribution in [3.8, 4) is 0 Å². The first kappa shape index (κ1) is 21.9. The number of carbonyl (C=O) groups excluding carboxylic acids is 1. The Balaban J connectivity index is 1.22. The zero-order valence-electron chi connectivity index (χ0n) is 19.0. The monoisotopic (exact) mass is 428 g/mol. The predicted molar refractivity (Wildman–Crippen MR) is 122 cm³/mol. The number of rotatable bonds is 4. The normalized spacial score (nSPS) is 23.7. The first-order valence-corrected chi connectivity index (χ1v) is 11.7. The van der Waals surface area contributed by atoms with Gasteiger partial charge in [-0.15, -0.1) is 0 Å². The summed E-state index contributed by atoms with van der Waals surface area (Å²) in [5.41, 5.74) is 2.74. The Kier molecular flexibility index (Phi) is 6.42. The molecular weight excluding hydrogens is 392 g/mol. The van der Waals surface area contributed by atoms with E-state index in [4.69, 9.17) is 4.74 Å². The standard InChI is InChI=1S/C24H36N4O3/c1-24(2,3)31-23(30)26-18-6-4-16(5-7-18)15-28-12-10-17(11-13-28)19-14-25-20-8-9-21(29)27-22(19)20/h8-9,14,16-18,25H,4-7,10-13,15H2,1-3H3,(H,26,30)(H,27,29)/t16-,18+. The van der Waals surface area contributed by atoms with E-state index in [9.17, 15) is 9.59 Å². The number of amides is 1. The molecule has 0 spiro atoms. The van der Waals surface area contributed by atoms with Crippen molar-refractivity contribution in [1.29, 1.82) is 0 Å². The van der Waals surface area contributed by atoms with E-state index < -0.39 is 5.60 Å². The Hall–Kier alpha value is -2.28. The SMILES string of the molecule is CC(C)(C)OC(=O)N[C@H]1CC[C@@H](CN2CCC(c3c[nH]c4ccc(=O)[nH]c34)CC2)CC1. The fourth-order valence-corrected chi connectivity index (χ4v) is 5.13. The van der Waals surface area contributed by atoms with Gasteiger partial charge < -0.3 is 24.9 Å². The quantitative estimate of drug-likeness (QED) is 0.683. The van der Waals surface area contributed by atoms with Crippen molar-refractivity contribution >= 4 is 17.1 Å². The van der Waals surface area contributed by atoms with Crippen molar-refractivity contribution in [2.75, 3.05) is 19.6 Å². The van der Waals surface area contributed by atoms with Crippen LogP contribution >= 0.6 is 0 Å². The molecule has 1 amide bonds. The molecule has 1 aliphatic heterocycles. The van der Waals surface area contributed by atoms with Crippen LogP contribution in [0.5, 0.6) is 0 Å². The van der Waals surface area contributed by atoms with Gasteiger partial charge in [0.1, 0.15) is 5.60 Å². The maximum atomic E-state index is 12.0. The van der Waals surface area contributed by atoms with Crippen LogP contribution in [0.15, 0.2) is 23.1 Å². The average molecular weight is 429 g/mol. The third kappa shape index (κ3) is 5.70. The molecule has 170 valence electrons. The van der Waals surface area contributed by atoms with Crippen molar-refractivity contribution < 1.29 is 9.53 Å². The summed E-state index contributed by atoms with van der Waals surface area (Å²) in [6.45, 7) is 9.03. The molecule has 0 bridgehead atoms. The lowest BCUT2D eigenvalue weighted by molar-refractivity contribution is 0.0482. The summed E-state index contributed by atoms with van der Waals surface area (Å²) in [5, 5.41) is 3.04. The summed E-state index contributed by atoms with van der Waals surface area (Å²) in [7, 11) is 0. The Morgan fingerprint density at radius 2 is 1.84 bits per heavy atom. The maximum absolute atomic E-state index is 12.0. The second kappa shape index (κ2) is 9.07. The lowest BCUT2D eigenvalue weighted by atomic mass is 9.84. The van der Waals surface area contributed by atoms with Gasteiger partial charge in [0.05, 0.1) is 11.0 Å². The molecule has 7 nitrogen and oxygen atoms in total. The molecule has 1 saturated heterocycles. The van der Waals surface area contributed by atoms with Gasteiger partial charge in [0.15, 0.2) is 0 Å². The Labute approximate surface area is 183 Å². The highest BCUT2D eigenvalue weighted by Crippen LogP contribution is 2.33. The first-order valence-electron chi connectivity index (χ1n) is 11.7. The molecule has 31 heavy (non-hydrogen) atoms. The molecule has 0 unspecified atom stereocenters. The number of ether oxygens (including phenoxy) is 1. The van der Waals surface area contributed by atoms with E-state index in [-0.39, 0.29) is 17.7 Å². The molecule has 4 rings (SSSR count). The van der Waals surface area contributed by atoms with Crippen LogP contribution < -0.4 is 10.9 Å². The van der Waals surface area contributed by atoms with Gasteiger partial charge in [-0.05, 0) is 95.9 Å². The van der Waals surface area contributed by atoms with Gasteiger partial charge >= 0.3 is 6.09 Å². The number of pyridine rings is 1. The highest BCUT2D eigenvalue weighted by Gasteiger charge is 2.28. The minimum absolute atomic E-state index is 0.0393. The molecule has 3 N–H and O–H groups in total. The van der Waals surface area contributed by atoms with Gasteiger partial charge in [-0.3, -0.25) is 4.79 Å². The van der Waals surface area contributed by atoms with E-state index >= 15 is 0 Å².